The van der Waals surface area contributed by atoms with Crippen LogP contribution in [-0.4, -0.2) is 31.6 Å². The Hall–Kier alpha value is -1.64. The highest BCUT2D eigenvalue weighted by atomic mass is 32.2. The third kappa shape index (κ3) is 3.52. The van der Waals surface area contributed by atoms with Crippen molar-refractivity contribution in [3.05, 3.63) is 35.8 Å². The molecular formula is C13H20N4O3S. The topological polar surface area (TPSA) is 89.2 Å². The predicted octanol–water partition coefficient (Wildman–Crippen LogP) is 0.791. The van der Waals surface area contributed by atoms with E-state index in [2.05, 4.69) is 15.0 Å². The number of hydrogen-bond acceptors (Lipinski definition) is 5. The summed E-state index contributed by atoms with van der Waals surface area (Å²) in [6.07, 6.45) is 5.09. The molecule has 7 nitrogen and oxygen atoms in total. The first kappa shape index (κ1) is 15.7. The van der Waals surface area contributed by atoms with Crippen LogP contribution in [0.1, 0.15) is 17.1 Å². The zero-order valence-electron chi connectivity index (χ0n) is 12.4. The first-order valence-corrected chi connectivity index (χ1v) is 8.13. The van der Waals surface area contributed by atoms with E-state index in [0.717, 1.165) is 0 Å². The van der Waals surface area contributed by atoms with Gasteiger partial charge >= 0.3 is 0 Å². The second-order valence-electron chi connectivity index (χ2n) is 4.75. The van der Waals surface area contributed by atoms with Gasteiger partial charge in [0.25, 0.3) is 0 Å². The molecule has 116 valence electrons. The minimum atomic E-state index is -3.59. The number of furan rings is 1. The lowest BCUT2D eigenvalue weighted by molar-refractivity contribution is 0.493. The third-order valence-corrected chi connectivity index (χ3v) is 4.82. The lowest BCUT2D eigenvalue weighted by Gasteiger charge is -2.09. The average molecular weight is 312 g/mol. The van der Waals surface area contributed by atoms with Crippen LogP contribution in [0.3, 0.4) is 0 Å². The van der Waals surface area contributed by atoms with Gasteiger partial charge in [0.05, 0.1) is 6.33 Å². The van der Waals surface area contributed by atoms with Crippen LogP contribution in [0.2, 0.25) is 0 Å². The fraction of sp³-hybridized carbons (Fsp3) is 0.462. The average Bonchev–Trinajstić information content (AvgIpc) is 2.99. The minimum Gasteiger partial charge on any atom is -0.465 e. The second-order valence-corrected chi connectivity index (χ2v) is 6.45. The fourth-order valence-electron chi connectivity index (χ4n) is 2.24. The summed E-state index contributed by atoms with van der Waals surface area (Å²) in [7, 11) is -1.83. The Morgan fingerprint density at radius 1 is 1.33 bits per heavy atom. The second kappa shape index (κ2) is 6.42. The molecule has 2 heterocycles. The Morgan fingerprint density at radius 2 is 2.10 bits per heavy atom. The van der Waals surface area contributed by atoms with Gasteiger partial charge in [-0.2, -0.15) is 0 Å². The van der Waals surface area contributed by atoms with Crippen LogP contribution in [0.4, 0.5) is 0 Å². The lowest BCUT2D eigenvalue weighted by Crippen LogP contribution is -2.28. The maximum atomic E-state index is 12.5. The number of aryl methyl sites for hydroxylation is 2. The van der Waals surface area contributed by atoms with Crippen LogP contribution in [0.15, 0.2) is 28.0 Å². The summed E-state index contributed by atoms with van der Waals surface area (Å²) in [4.78, 5) is 4.15. The number of imidazole rings is 1. The molecule has 8 heteroatoms. The van der Waals surface area contributed by atoms with Crippen molar-refractivity contribution in [2.24, 2.45) is 0 Å². The quantitative estimate of drug-likeness (QED) is 0.789. The summed E-state index contributed by atoms with van der Waals surface area (Å²) in [6, 6.07) is 0. The molecule has 0 saturated heterocycles. The lowest BCUT2D eigenvalue weighted by atomic mass is 10.2. The van der Waals surface area contributed by atoms with Gasteiger partial charge in [-0.1, -0.05) is 0 Å². The van der Waals surface area contributed by atoms with Gasteiger partial charge in [-0.15, -0.1) is 0 Å². The molecule has 0 aliphatic heterocycles. The Balaban J connectivity index is 2.15. The van der Waals surface area contributed by atoms with Crippen molar-refractivity contribution >= 4 is 10.0 Å². The number of hydrogen-bond donors (Lipinski definition) is 2. The molecule has 0 spiro atoms. The summed E-state index contributed by atoms with van der Waals surface area (Å²) >= 11 is 0. The highest BCUT2D eigenvalue weighted by Crippen LogP contribution is 2.26. The van der Waals surface area contributed by atoms with E-state index in [-0.39, 0.29) is 4.90 Å². The first-order valence-electron chi connectivity index (χ1n) is 6.64. The highest BCUT2D eigenvalue weighted by Gasteiger charge is 2.26. The summed E-state index contributed by atoms with van der Waals surface area (Å²) in [5, 5.41) is 2.96. The third-order valence-electron chi connectivity index (χ3n) is 3.17. The molecule has 0 bridgehead atoms. The van der Waals surface area contributed by atoms with E-state index in [9.17, 15) is 8.42 Å². The van der Waals surface area contributed by atoms with Crippen LogP contribution in [0.25, 0.3) is 0 Å². The number of aromatic nitrogens is 2. The van der Waals surface area contributed by atoms with Gasteiger partial charge in [0.1, 0.15) is 16.4 Å². The van der Waals surface area contributed by atoms with E-state index in [0.29, 0.717) is 36.7 Å². The molecule has 0 aromatic carbocycles. The molecule has 21 heavy (non-hydrogen) atoms. The van der Waals surface area contributed by atoms with E-state index in [4.69, 9.17) is 4.42 Å². The molecular weight excluding hydrogens is 292 g/mol. The molecule has 0 amide bonds. The molecule has 2 N–H and O–H groups in total. The predicted molar refractivity (Wildman–Crippen MR) is 78.4 cm³/mol. The standard InChI is InChI=1S/C13H20N4O3S/c1-10-12(8-14-3)13(11(2)20-10)21(18,19)16-5-7-17-6-4-15-9-17/h4,6,9,14,16H,5,7-8H2,1-3H3. The molecule has 0 aliphatic rings. The van der Waals surface area contributed by atoms with Crippen LogP contribution in [-0.2, 0) is 23.1 Å². The molecule has 2 aromatic rings. The molecule has 0 unspecified atom stereocenters. The molecule has 2 aromatic heterocycles. The van der Waals surface area contributed by atoms with Crippen LogP contribution < -0.4 is 10.0 Å². The first-order chi connectivity index (χ1) is 9.95. The Labute approximate surface area is 124 Å². The maximum absolute atomic E-state index is 12.5. The van der Waals surface area contributed by atoms with Crippen molar-refractivity contribution in [1.29, 1.82) is 0 Å². The molecule has 2 rings (SSSR count). The van der Waals surface area contributed by atoms with Crippen molar-refractivity contribution in [2.45, 2.75) is 31.8 Å². The fourth-order valence-corrected chi connectivity index (χ4v) is 3.71. The number of nitrogens with zero attached hydrogens (tertiary/aromatic N) is 2. The summed E-state index contributed by atoms with van der Waals surface area (Å²) in [6.45, 7) is 4.69. The summed E-state index contributed by atoms with van der Waals surface area (Å²) in [5.74, 6) is 1.03. The van der Waals surface area contributed by atoms with Gasteiger partial charge in [0.2, 0.25) is 10.0 Å². The van der Waals surface area contributed by atoms with E-state index >= 15 is 0 Å². The maximum Gasteiger partial charge on any atom is 0.244 e. The largest absolute Gasteiger partial charge is 0.465 e. The van der Waals surface area contributed by atoms with Gasteiger partial charge in [-0.25, -0.2) is 18.1 Å². The van der Waals surface area contributed by atoms with Gasteiger partial charge < -0.3 is 14.3 Å². The van der Waals surface area contributed by atoms with Crippen LogP contribution in [0, 0.1) is 13.8 Å². The smallest absolute Gasteiger partial charge is 0.244 e. The van der Waals surface area contributed by atoms with Gasteiger partial charge in [-0.05, 0) is 20.9 Å². The number of rotatable bonds is 7. The highest BCUT2D eigenvalue weighted by molar-refractivity contribution is 7.89. The van der Waals surface area contributed by atoms with E-state index in [1.54, 1.807) is 39.6 Å². The zero-order chi connectivity index (χ0) is 15.5. The van der Waals surface area contributed by atoms with Crippen molar-refractivity contribution in [2.75, 3.05) is 13.6 Å². The number of sulfonamides is 1. The molecule has 0 radical (unpaired) electrons. The molecule has 0 aliphatic carbocycles. The normalized spacial score (nSPS) is 12.0. The van der Waals surface area contributed by atoms with Crippen molar-refractivity contribution in [3.8, 4) is 0 Å². The zero-order valence-corrected chi connectivity index (χ0v) is 13.2. The molecule has 0 atom stereocenters. The number of nitrogens with one attached hydrogen (secondary N) is 2. The van der Waals surface area contributed by atoms with Crippen LogP contribution in [0.5, 0.6) is 0 Å². The van der Waals surface area contributed by atoms with Gasteiger partial charge in [0, 0.05) is 37.6 Å². The van der Waals surface area contributed by atoms with Crippen molar-refractivity contribution in [3.63, 3.8) is 0 Å². The summed E-state index contributed by atoms with van der Waals surface area (Å²) < 4.78 is 34.8. The Kier molecular flexibility index (Phi) is 4.81. The SMILES string of the molecule is CNCc1c(C)oc(C)c1S(=O)(=O)NCCn1ccnc1. The molecule has 0 fully saturated rings. The van der Waals surface area contributed by atoms with E-state index in [1.807, 2.05) is 4.57 Å². The molecule has 0 saturated carbocycles. The van der Waals surface area contributed by atoms with Gasteiger partial charge in [-0.3, -0.25) is 0 Å². The Morgan fingerprint density at radius 3 is 2.71 bits per heavy atom. The van der Waals surface area contributed by atoms with Gasteiger partial charge in [0.15, 0.2) is 0 Å². The Bertz CT molecular complexity index is 689. The monoisotopic (exact) mass is 312 g/mol. The minimum absolute atomic E-state index is 0.236. The van der Waals surface area contributed by atoms with Crippen LogP contribution >= 0.6 is 0 Å². The van der Waals surface area contributed by atoms with Crippen molar-refractivity contribution in [1.82, 2.24) is 19.6 Å². The summed E-state index contributed by atoms with van der Waals surface area (Å²) in [5.41, 5.74) is 0.671. The van der Waals surface area contributed by atoms with E-state index in [1.165, 1.54) is 0 Å². The van der Waals surface area contributed by atoms with E-state index < -0.39 is 10.0 Å². The van der Waals surface area contributed by atoms with Crippen molar-refractivity contribution < 1.29 is 12.8 Å².